The molecular weight excluding hydrogens is 317 g/mol. The second kappa shape index (κ2) is 5.63. The molecule has 1 rings (SSSR count). The van der Waals surface area contributed by atoms with Gasteiger partial charge in [-0.3, -0.25) is 4.79 Å². The number of carbonyl (C=O) groups excluding carboxylic acids is 1. The highest BCUT2D eigenvalue weighted by Gasteiger charge is 2.13. The summed E-state index contributed by atoms with van der Waals surface area (Å²) in [5.41, 5.74) is 0.126. The lowest BCUT2D eigenvalue weighted by atomic mass is 10.1. The molecule has 16 heavy (non-hydrogen) atoms. The third-order valence-corrected chi connectivity index (χ3v) is 2.64. The highest BCUT2D eigenvalue weighted by atomic mass is 127. The van der Waals surface area contributed by atoms with Gasteiger partial charge in [0.1, 0.15) is 0 Å². The van der Waals surface area contributed by atoms with Crippen molar-refractivity contribution in [2.24, 2.45) is 0 Å². The molecular formula is C12H16INO2. The van der Waals surface area contributed by atoms with Crippen molar-refractivity contribution in [1.29, 1.82) is 0 Å². The molecule has 1 amide bonds. The lowest BCUT2D eigenvalue weighted by Gasteiger charge is -2.17. The third kappa shape index (κ3) is 5.46. The molecule has 0 atom stereocenters. The maximum Gasteiger partial charge on any atom is 0.224 e. The van der Waals surface area contributed by atoms with E-state index in [1.165, 1.54) is 0 Å². The molecule has 0 heterocycles. The van der Waals surface area contributed by atoms with Crippen LogP contribution in [0.5, 0.6) is 0 Å². The molecule has 88 valence electrons. The number of nitrogens with one attached hydrogen (secondary N) is 1. The smallest absolute Gasteiger partial charge is 0.224 e. The van der Waals surface area contributed by atoms with Crippen molar-refractivity contribution in [2.45, 2.75) is 25.9 Å². The van der Waals surface area contributed by atoms with Crippen LogP contribution in [0.4, 0.5) is 0 Å². The number of hydrogen-bond acceptors (Lipinski definition) is 2. The molecule has 0 bridgehead atoms. The Morgan fingerprint density at radius 2 is 2.19 bits per heavy atom. The molecule has 0 spiro atoms. The van der Waals surface area contributed by atoms with Gasteiger partial charge in [-0.15, -0.1) is 0 Å². The van der Waals surface area contributed by atoms with Crippen LogP contribution in [0.15, 0.2) is 24.3 Å². The van der Waals surface area contributed by atoms with Gasteiger partial charge >= 0.3 is 0 Å². The fourth-order valence-electron chi connectivity index (χ4n) is 1.21. The van der Waals surface area contributed by atoms with Crippen LogP contribution in [-0.2, 0) is 11.2 Å². The molecule has 0 aliphatic heterocycles. The molecule has 4 heteroatoms. The summed E-state index contributed by atoms with van der Waals surface area (Å²) in [5.74, 6) is -0.0656. The van der Waals surface area contributed by atoms with Crippen LogP contribution in [0.1, 0.15) is 19.4 Å². The summed E-state index contributed by atoms with van der Waals surface area (Å²) in [6, 6.07) is 7.81. The van der Waals surface area contributed by atoms with Crippen molar-refractivity contribution >= 4 is 28.5 Å². The van der Waals surface area contributed by atoms with Crippen molar-refractivity contribution < 1.29 is 9.90 Å². The van der Waals surface area contributed by atoms with Gasteiger partial charge in [-0.25, -0.2) is 0 Å². The Morgan fingerprint density at radius 1 is 1.50 bits per heavy atom. The quantitative estimate of drug-likeness (QED) is 0.825. The molecule has 0 radical (unpaired) electrons. The number of hydrogen-bond donors (Lipinski definition) is 2. The Labute approximate surface area is 109 Å². The summed E-state index contributed by atoms with van der Waals surface area (Å²) in [6.45, 7) is 3.60. The molecule has 3 nitrogen and oxygen atoms in total. The van der Waals surface area contributed by atoms with Crippen LogP contribution in [0.25, 0.3) is 0 Å². The van der Waals surface area contributed by atoms with Gasteiger partial charge in [0.15, 0.2) is 0 Å². The number of aliphatic hydroxyl groups is 1. The van der Waals surface area contributed by atoms with E-state index in [0.717, 1.165) is 9.13 Å². The molecule has 0 aliphatic carbocycles. The lowest BCUT2D eigenvalue weighted by molar-refractivity contribution is -0.121. The van der Waals surface area contributed by atoms with Crippen LogP contribution in [0.3, 0.4) is 0 Å². The van der Waals surface area contributed by atoms with E-state index in [9.17, 15) is 9.90 Å². The normalized spacial score (nSPS) is 11.2. The fraction of sp³-hybridized carbons (Fsp3) is 0.417. The number of benzene rings is 1. The zero-order chi connectivity index (χ0) is 12.2. The topological polar surface area (TPSA) is 49.3 Å². The zero-order valence-electron chi connectivity index (χ0n) is 9.46. The molecule has 0 unspecified atom stereocenters. The Hall–Kier alpha value is -0.620. The first-order valence-electron chi connectivity index (χ1n) is 5.10. The molecule has 2 N–H and O–H groups in total. The Bertz CT molecular complexity index is 372. The van der Waals surface area contributed by atoms with E-state index < -0.39 is 5.60 Å². The minimum atomic E-state index is -0.860. The van der Waals surface area contributed by atoms with E-state index in [-0.39, 0.29) is 12.5 Å². The van der Waals surface area contributed by atoms with Crippen molar-refractivity contribution in [2.75, 3.05) is 6.54 Å². The number of carbonyl (C=O) groups is 1. The van der Waals surface area contributed by atoms with E-state index >= 15 is 0 Å². The first kappa shape index (κ1) is 13.4. The molecule has 0 fully saturated rings. The predicted molar refractivity (Wildman–Crippen MR) is 72.2 cm³/mol. The Balaban J connectivity index is 2.46. The van der Waals surface area contributed by atoms with Crippen LogP contribution in [0, 0.1) is 3.57 Å². The van der Waals surface area contributed by atoms with Gasteiger partial charge in [-0.2, -0.15) is 0 Å². The molecule has 1 aromatic carbocycles. The average Bonchev–Trinajstić information content (AvgIpc) is 2.14. The van der Waals surface area contributed by atoms with Gasteiger partial charge in [0.05, 0.1) is 12.0 Å². The molecule has 0 saturated carbocycles. The van der Waals surface area contributed by atoms with E-state index in [1.54, 1.807) is 13.8 Å². The minimum absolute atomic E-state index is 0.0656. The number of rotatable bonds is 4. The van der Waals surface area contributed by atoms with Gasteiger partial charge < -0.3 is 10.4 Å². The van der Waals surface area contributed by atoms with Crippen LogP contribution in [0.2, 0.25) is 0 Å². The van der Waals surface area contributed by atoms with Crippen molar-refractivity contribution in [3.63, 3.8) is 0 Å². The standard InChI is InChI=1S/C12H16INO2/c1-12(2,16)8-14-11(15)7-9-4-3-5-10(13)6-9/h3-6,16H,7-8H2,1-2H3,(H,14,15). The summed E-state index contributed by atoms with van der Waals surface area (Å²) in [5, 5.41) is 12.2. The van der Waals surface area contributed by atoms with Crippen LogP contribution in [-0.4, -0.2) is 23.2 Å². The molecule has 1 aromatic rings. The Morgan fingerprint density at radius 3 is 2.75 bits per heavy atom. The van der Waals surface area contributed by atoms with E-state index in [2.05, 4.69) is 27.9 Å². The summed E-state index contributed by atoms with van der Waals surface area (Å²) in [7, 11) is 0. The van der Waals surface area contributed by atoms with Crippen LogP contribution < -0.4 is 5.32 Å². The summed E-state index contributed by atoms with van der Waals surface area (Å²) < 4.78 is 1.12. The van der Waals surface area contributed by atoms with Gasteiger partial charge in [-0.05, 0) is 54.1 Å². The van der Waals surface area contributed by atoms with Crippen molar-refractivity contribution in [1.82, 2.24) is 5.32 Å². The monoisotopic (exact) mass is 333 g/mol. The highest BCUT2D eigenvalue weighted by Crippen LogP contribution is 2.08. The van der Waals surface area contributed by atoms with E-state index in [4.69, 9.17) is 0 Å². The highest BCUT2D eigenvalue weighted by molar-refractivity contribution is 14.1. The average molecular weight is 333 g/mol. The summed E-state index contributed by atoms with van der Waals surface area (Å²) in [6.07, 6.45) is 0.354. The van der Waals surface area contributed by atoms with Gasteiger partial charge in [0.25, 0.3) is 0 Å². The molecule has 0 saturated heterocycles. The minimum Gasteiger partial charge on any atom is -0.389 e. The molecule has 0 aromatic heterocycles. The van der Waals surface area contributed by atoms with E-state index in [0.29, 0.717) is 6.42 Å². The maximum atomic E-state index is 11.5. The van der Waals surface area contributed by atoms with Crippen molar-refractivity contribution in [3.05, 3.63) is 33.4 Å². The number of amides is 1. The summed E-state index contributed by atoms with van der Waals surface area (Å²) in [4.78, 5) is 11.5. The SMILES string of the molecule is CC(C)(O)CNC(=O)Cc1cccc(I)c1. The molecule has 0 aliphatic rings. The maximum absolute atomic E-state index is 11.5. The number of halogens is 1. The third-order valence-electron chi connectivity index (χ3n) is 1.97. The second-order valence-electron chi connectivity index (χ2n) is 4.40. The first-order valence-corrected chi connectivity index (χ1v) is 6.18. The zero-order valence-corrected chi connectivity index (χ0v) is 11.6. The Kier molecular flexibility index (Phi) is 4.73. The fourth-order valence-corrected chi connectivity index (χ4v) is 1.82. The van der Waals surface area contributed by atoms with Gasteiger partial charge in [-0.1, -0.05) is 12.1 Å². The first-order chi connectivity index (χ1) is 7.37. The summed E-state index contributed by atoms with van der Waals surface area (Å²) >= 11 is 2.21. The second-order valence-corrected chi connectivity index (χ2v) is 5.64. The van der Waals surface area contributed by atoms with Gasteiger partial charge in [0.2, 0.25) is 5.91 Å². The van der Waals surface area contributed by atoms with E-state index in [1.807, 2.05) is 24.3 Å². The lowest BCUT2D eigenvalue weighted by Crippen LogP contribution is -2.38. The van der Waals surface area contributed by atoms with Gasteiger partial charge in [0, 0.05) is 10.1 Å². The predicted octanol–water partition coefficient (Wildman–Crippen LogP) is 1.72. The van der Waals surface area contributed by atoms with Crippen LogP contribution >= 0.6 is 22.6 Å². The van der Waals surface area contributed by atoms with Crippen molar-refractivity contribution in [3.8, 4) is 0 Å². The largest absolute Gasteiger partial charge is 0.389 e.